The monoisotopic (exact) mass is 294 g/mol. The van der Waals surface area contributed by atoms with E-state index < -0.39 is 0 Å². The largest absolute Gasteiger partial charge is 0.469 e. The Kier molecular flexibility index (Phi) is 2.96. The summed E-state index contributed by atoms with van der Waals surface area (Å²) in [6.45, 7) is 0. The lowest BCUT2D eigenvalue weighted by Crippen LogP contribution is -2.13. The van der Waals surface area contributed by atoms with Gasteiger partial charge in [-0.25, -0.2) is 0 Å². The average molecular weight is 294 g/mol. The van der Waals surface area contributed by atoms with Crippen molar-refractivity contribution in [2.24, 2.45) is 5.92 Å². The summed E-state index contributed by atoms with van der Waals surface area (Å²) in [6, 6.07) is 16.0. The standard InChI is InChI=1S/C19H18O3/c1-21-18(20)17-12-19(17)10-9-13-7-8-15(11-16(13)19)22-14-5-3-2-4-6-14/h2-8,11,17H,9-10,12H2,1H3/t17-,19-/m0/s1. The van der Waals surface area contributed by atoms with Gasteiger partial charge in [-0.3, -0.25) is 4.79 Å². The van der Waals surface area contributed by atoms with E-state index in [1.165, 1.54) is 18.2 Å². The summed E-state index contributed by atoms with van der Waals surface area (Å²) in [7, 11) is 1.47. The van der Waals surface area contributed by atoms with Crippen molar-refractivity contribution in [3.63, 3.8) is 0 Å². The summed E-state index contributed by atoms with van der Waals surface area (Å²) in [6.07, 6.45) is 2.98. The fourth-order valence-electron chi connectivity index (χ4n) is 3.75. The first kappa shape index (κ1) is 13.4. The number of aryl methyl sites for hydroxylation is 1. The van der Waals surface area contributed by atoms with Gasteiger partial charge in [0.05, 0.1) is 13.0 Å². The Morgan fingerprint density at radius 1 is 1.14 bits per heavy atom. The van der Waals surface area contributed by atoms with Gasteiger partial charge in [0, 0.05) is 5.41 Å². The van der Waals surface area contributed by atoms with E-state index in [1.807, 2.05) is 36.4 Å². The van der Waals surface area contributed by atoms with E-state index in [0.717, 1.165) is 30.8 Å². The molecule has 0 heterocycles. The lowest BCUT2D eigenvalue weighted by atomic mass is 9.95. The summed E-state index contributed by atoms with van der Waals surface area (Å²) < 4.78 is 10.9. The van der Waals surface area contributed by atoms with Crippen LogP contribution in [-0.4, -0.2) is 13.1 Å². The van der Waals surface area contributed by atoms with Crippen molar-refractivity contribution < 1.29 is 14.3 Å². The van der Waals surface area contributed by atoms with E-state index in [4.69, 9.17) is 9.47 Å². The third-order valence-electron chi connectivity index (χ3n) is 5.00. The van der Waals surface area contributed by atoms with Gasteiger partial charge in [0.1, 0.15) is 11.5 Å². The summed E-state index contributed by atoms with van der Waals surface area (Å²) >= 11 is 0. The number of fused-ring (bicyclic) bond motifs is 2. The Bertz CT molecular complexity index is 723. The molecular weight excluding hydrogens is 276 g/mol. The van der Waals surface area contributed by atoms with Gasteiger partial charge in [-0.1, -0.05) is 24.3 Å². The average Bonchev–Trinajstić information content (AvgIpc) is 3.18. The Morgan fingerprint density at radius 2 is 1.95 bits per heavy atom. The molecule has 112 valence electrons. The van der Waals surface area contributed by atoms with Gasteiger partial charge in [-0.2, -0.15) is 0 Å². The number of para-hydroxylation sites is 1. The molecule has 2 aliphatic rings. The molecule has 3 heteroatoms. The second kappa shape index (κ2) is 4.87. The normalized spacial score (nSPS) is 24.9. The summed E-state index contributed by atoms with van der Waals surface area (Å²) in [5.74, 6) is 1.60. The number of carbonyl (C=O) groups is 1. The minimum absolute atomic E-state index is 0.00150. The van der Waals surface area contributed by atoms with Gasteiger partial charge >= 0.3 is 5.97 Å². The third-order valence-corrected chi connectivity index (χ3v) is 5.00. The highest BCUT2D eigenvalue weighted by molar-refractivity contribution is 5.80. The van der Waals surface area contributed by atoms with E-state index in [0.29, 0.717) is 0 Å². The Balaban J connectivity index is 1.63. The molecule has 1 spiro atoms. The topological polar surface area (TPSA) is 35.5 Å². The molecule has 2 aromatic carbocycles. The minimum Gasteiger partial charge on any atom is -0.469 e. The van der Waals surface area contributed by atoms with Crippen LogP contribution >= 0.6 is 0 Å². The van der Waals surface area contributed by atoms with Crippen molar-refractivity contribution >= 4 is 5.97 Å². The smallest absolute Gasteiger partial charge is 0.309 e. The Labute approximate surface area is 129 Å². The number of hydrogen-bond donors (Lipinski definition) is 0. The fraction of sp³-hybridized carbons (Fsp3) is 0.316. The van der Waals surface area contributed by atoms with Crippen LogP contribution in [-0.2, 0) is 21.4 Å². The van der Waals surface area contributed by atoms with E-state index >= 15 is 0 Å². The van der Waals surface area contributed by atoms with Crippen LogP contribution in [0.4, 0.5) is 0 Å². The number of ether oxygens (including phenoxy) is 2. The summed E-state index contributed by atoms with van der Waals surface area (Å²) in [5.41, 5.74) is 2.61. The molecule has 2 atom stereocenters. The van der Waals surface area contributed by atoms with Crippen LogP contribution in [0.2, 0.25) is 0 Å². The molecule has 3 nitrogen and oxygen atoms in total. The second-order valence-electron chi connectivity index (χ2n) is 6.17. The maximum absolute atomic E-state index is 11.9. The number of methoxy groups -OCH3 is 1. The number of hydrogen-bond acceptors (Lipinski definition) is 3. The SMILES string of the molecule is COC(=O)[C@@H]1C[C@]12CCc1ccc(Oc3ccccc3)cc12. The molecule has 0 bridgehead atoms. The molecule has 4 rings (SSSR count). The molecular formula is C19H18O3. The number of esters is 1. The zero-order valence-corrected chi connectivity index (χ0v) is 12.5. The minimum atomic E-state index is -0.0813. The summed E-state index contributed by atoms with van der Waals surface area (Å²) in [5, 5.41) is 0. The van der Waals surface area contributed by atoms with Crippen LogP contribution in [0, 0.1) is 5.92 Å². The molecule has 0 amide bonds. The molecule has 1 fully saturated rings. The number of benzene rings is 2. The molecule has 0 aromatic heterocycles. The van der Waals surface area contributed by atoms with Crippen molar-refractivity contribution in [2.45, 2.75) is 24.7 Å². The van der Waals surface area contributed by atoms with Crippen LogP contribution in [0.5, 0.6) is 11.5 Å². The molecule has 0 saturated heterocycles. The highest BCUT2D eigenvalue weighted by Crippen LogP contribution is 2.62. The molecule has 2 aromatic rings. The van der Waals surface area contributed by atoms with Gasteiger partial charge in [-0.15, -0.1) is 0 Å². The number of carbonyl (C=O) groups excluding carboxylic acids is 1. The molecule has 1 saturated carbocycles. The Morgan fingerprint density at radius 3 is 2.73 bits per heavy atom. The fourth-order valence-corrected chi connectivity index (χ4v) is 3.75. The highest BCUT2D eigenvalue weighted by atomic mass is 16.5. The molecule has 0 aliphatic heterocycles. The van der Waals surface area contributed by atoms with Crippen LogP contribution in [0.15, 0.2) is 48.5 Å². The first-order valence-corrected chi connectivity index (χ1v) is 7.67. The predicted octanol–water partition coefficient (Wildman–Crippen LogP) is 3.86. The Hall–Kier alpha value is -2.29. The van der Waals surface area contributed by atoms with Crippen molar-refractivity contribution in [3.05, 3.63) is 59.7 Å². The zero-order chi connectivity index (χ0) is 15.2. The van der Waals surface area contributed by atoms with E-state index in [2.05, 4.69) is 12.1 Å². The van der Waals surface area contributed by atoms with Crippen LogP contribution < -0.4 is 4.74 Å². The maximum atomic E-state index is 11.9. The highest BCUT2D eigenvalue weighted by Gasteiger charge is 2.62. The lowest BCUT2D eigenvalue weighted by molar-refractivity contribution is -0.142. The van der Waals surface area contributed by atoms with Crippen molar-refractivity contribution in [1.29, 1.82) is 0 Å². The van der Waals surface area contributed by atoms with E-state index in [-0.39, 0.29) is 17.3 Å². The van der Waals surface area contributed by atoms with E-state index in [1.54, 1.807) is 0 Å². The van der Waals surface area contributed by atoms with Gasteiger partial charge in [0.2, 0.25) is 0 Å². The quantitative estimate of drug-likeness (QED) is 0.806. The van der Waals surface area contributed by atoms with E-state index in [9.17, 15) is 4.79 Å². The molecule has 0 radical (unpaired) electrons. The van der Waals surface area contributed by atoms with Crippen LogP contribution in [0.25, 0.3) is 0 Å². The van der Waals surface area contributed by atoms with Crippen molar-refractivity contribution in [1.82, 2.24) is 0 Å². The van der Waals surface area contributed by atoms with Crippen LogP contribution in [0.3, 0.4) is 0 Å². The van der Waals surface area contributed by atoms with Gasteiger partial charge in [-0.05, 0) is 54.7 Å². The number of rotatable bonds is 3. The maximum Gasteiger partial charge on any atom is 0.309 e. The third kappa shape index (κ3) is 2.00. The van der Waals surface area contributed by atoms with Gasteiger partial charge in [0.25, 0.3) is 0 Å². The van der Waals surface area contributed by atoms with Gasteiger partial charge in [0.15, 0.2) is 0 Å². The summed E-state index contributed by atoms with van der Waals surface area (Å²) in [4.78, 5) is 11.9. The molecule has 2 aliphatic carbocycles. The first-order chi connectivity index (χ1) is 10.7. The molecule has 0 N–H and O–H groups in total. The van der Waals surface area contributed by atoms with Crippen LogP contribution in [0.1, 0.15) is 24.0 Å². The molecule has 0 unspecified atom stereocenters. The van der Waals surface area contributed by atoms with Crippen molar-refractivity contribution in [3.8, 4) is 11.5 Å². The second-order valence-corrected chi connectivity index (χ2v) is 6.17. The first-order valence-electron chi connectivity index (χ1n) is 7.67. The lowest BCUT2D eigenvalue weighted by Gasteiger charge is -2.13. The predicted molar refractivity (Wildman–Crippen MR) is 83.1 cm³/mol. The van der Waals surface area contributed by atoms with Crippen molar-refractivity contribution in [2.75, 3.05) is 7.11 Å². The zero-order valence-electron chi connectivity index (χ0n) is 12.5. The molecule has 22 heavy (non-hydrogen) atoms. The van der Waals surface area contributed by atoms with Gasteiger partial charge < -0.3 is 9.47 Å².